The summed E-state index contributed by atoms with van der Waals surface area (Å²) in [4.78, 5) is 17.9. The summed E-state index contributed by atoms with van der Waals surface area (Å²) in [6.07, 6.45) is 2.40. The van der Waals surface area contributed by atoms with E-state index in [2.05, 4.69) is 22.0 Å². The highest BCUT2D eigenvalue weighted by Gasteiger charge is 2.22. The molecule has 0 fully saturated rings. The fourth-order valence-electron chi connectivity index (χ4n) is 2.67. The Hall–Kier alpha value is -1.91. The minimum Gasteiger partial charge on any atom is -0.478 e. The topological polar surface area (TPSA) is 53.4 Å². The number of hydrogen-bond donors (Lipinski definition) is 1. The summed E-state index contributed by atoms with van der Waals surface area (Å²) < 4.78 is 0. The molecule has 0 amide bonds. The van der Waals surface area contributed by atoms with E-state index in [9.17, 15) is 9.90 Å². The Morgan fingerprint density at radius 3 is 2.71 bits per heavy atom. The Kier molecular flexibility index (Phi) is 4.94. The van der Waals surface area contributed by atoms with Gasteiger partial charge in [-0.3, -0.25) is 9.88 Å². The van der Waals surface area contributed by atoms with Crippen LogP contribution in [0, 0.1) is 0 Å². The first kappa shape index (κ1) is 15.5. The lowest BCUT2D eigenvalue weighted by molar-refractivity contribution is 0.0693. The molecule has 1 N–H and O–H groups in total. The van der Waals surface area contributed by atoms with Crippen LogP contribution in [0.25, 0.3) is 0 Å². The molecule has 0 saturated heterocycles. The predicted octanol–water partition coefficient (Wildman–Crippen LogP) is 2.76. The van der Waals surface area contributed by atoms with Gasteiger partial charge in [0.1, 0.15) is 0 Å². The number of rotatable bonds is 3. The molecule has 0 atom stereocenters. The first-order chi connectivity index (χ1) is 9.74. The van der Waals surface area contributed by atoms with Gasteiger partial charge in [0.15, 0.2) is 0 Å². The summed E-state index contributed by atoms with van der Waals surface area (Å²) in [5.74, 6) is -0.870. The smallest absolute Gasteiger partial charge is 0.336 e. The lowest BCUT2D eigenvalue weighted by Gasteiger charge is -2.28. The van der Waals surface area contributed by atoms with E-state index < -0.39 is 5.97 Å². The number of benzene rings is 1. The van der Waals surface area contributed by atoms with Crippen LogP contribution in [0.15, 0.2) is 42.6 Å². The maximum Gasteiger partial charge on any atom is 0.336 e. The van der Waals surface area contributed by atoms with Crippen molar-refractivity contribution in [2.75, 3.05) is 6.54 Å². The van der Waals surface area contributed by atoms with Crippen LogP contribution < -0.4 is 0 Å². The molecule has 0 unspecified atom stereocenters. The largest absolute Gasteiger partial charge is 0.478 e. The average molecular weight is 305 g/mol. The Morgan fingerprint density at radius 1 is 1.24 bits per heavy atom. The van der Waals surface area contributed by atoms with E-state index in [0.717, 1.165) is 30.8 Å². The van der Waals surface area contributed by atoms with Gasteiger partial charge in [0.05, 0.1) is 5.56 Å². The van der Waals surface area contributed by atoms with E-state index in [0.29, 0.717) is 12.1 Å². The quantitative estimate of drug-likeness (QED) is 0.947. The second-order valence-corrected chi connectivity index (χ2v) is 5.04. The molecule has 2 heterocycles. The zero-order chi connectivity index (χ0) is 13.9. The van der Waals surface area contributed by atoms with Crippen LogP contribution in [0.3, 0.4) is 0 Å². The van der Waals surface area contributed by atoms with Gasteiger partial charge in [-0.05, 0) is 11.6 Å². The fraction of sp³-hybridized carbons (Fsp3) is 0.250. The molecule has 110 valence electrons. The maximum absolute atomic E-state index is 11.3. The molecule has 3 rings (SSSR count). The number of carboxylic acid groups (broad SMARTS) is 1. The van der Waals surface area contributed by atoms with Crippen LogP contribution in [0.1, 0.15) is 27.2 Å². The van der Waals surface area contributed by atoms with Crippen molar-refractivity contribution in [1.82, 2.24) is 9.88 Å². The molecule has 1 aliphatic rings. The van der Waals surface area contributed by atoms with Gasteiger partial charge in [-0.1, -0.05) is 30.3 Å². The lowest BCUT2D eigenvalue weighted by Crippen LogP contribution is -2.32. The standard InChI is InChI=1S/C16H16N2O2.ClH/c19-16(20)13-6-8-17-15-7-9-18(11-14(13)15)10-12-4-2-1-3-5-12;/h1-6,8H,7,9-11H2,(H,19,20);1H. The highest BCUT2D eigenvalue weighted by molar-refractivity contribution is 5.89. The van der Waals surface area contributed by atoms with E-state index in [1.807, 2.05) is 18.2 Å². The van der Waals surface area contributed by atoms with Crippen LogP contribution in [-0.2, 0) is 19.5 Å². The monoisotopic (exact) mass is 304 g/mol. The average Bonchev–Trinajstić information content (AvgIpc) is 2.47. The number of carbonyl (C=O) groups is 1. The van der Waals surface area contributed by atoms with Gasteiger partial charge in [0, 0.05) is 43.5 Å². The maximum atomic E-state index is 11.3. The van der Waals surface area contributed by atoms with Gasteiger partial charge in [0.2, 0.25) is 0 Å². The number of hydrogen-bond acceptors (Lipinski definition) is 3. The van der Waals surface area contributed by atoms with Gasteiger partial charge < -0.3 is 5.11 Å². The molecular formula is C16H17ClN2O2. The number of pyridine rings is 1. The van der Waals surface area contributed by atoms with E-state index in [-0.39, 0.29) is 12.4 Å². The molecule has 0 spiro atoms. The third kappa shape index (κ3) is 3.40. The highest BCUT2D eigenvalue weighted by Crippen LogP contribution is 2.22. The number of aromatic nitrogens is 1. The van der Waals surface area contributed by atoms with Crippen molar-refractivity contribution in [3.63, 3.8) is 0 Å². The normalized spacial score (nSPS) is 14.1. The first-order valence-corrected chi connectivity index (χ1v) is 6.70. The molecule has 0 saturated carbocycles. The van der Waals surface area contributed by atoms with Gasteiger partial charge in [-0.25, -0.2) is 4.79 Å². The van der Waals surface area contributed by atoms with Crippen molar-refractivity contribution in [3.8, 4) is 0 Å². The molecule has 0 bridgehead atoms. The second kappa shape index (κ2) is 6.70. The molecule has 2 aromatic rings. The van der Waals surface area contributed by atoms with Crippen LogP contribution in [0.4, 0.5) is 0 Å². The number of carboxylic acids is 1. The molecule has 21 heavy (non-hydrogen) atoms. The predicted molar refractivity (Wildman–Crippen MR) is 82.7 cm³/mol. The summed E-state index contributed by atoms with van der Waals surface area (Å²) in [5, 5.41) is 9.27. The molecule has 1 aliphatic heterocycles. The van der Waals surface area contributed by atoms with E-state index in [4.69, 9.17) is 0 Å². The Bertz CT molecular complexity index is 631. The molecule has 1 aromatic heterocycles. The van der Waals surface area contributed by atoms with Crippen LogP contribution in [0.2, 0.25) is 0 Å². The Morgan fingerprint density at radius 2 is 2.00 bits per heavy atom. The summed E-state index contributed by atoms with van der Waals surface area (Å²) >= 11 is 0. The second-order valence-electron chi connectivity index (χ2n) is 5.04. The van der Waals surface area contributed by atoms with Crippen LogP contribution in [-0.4, -0.2) is 27.5 Å². The summed E-state index contributed by atoms with van der Waals surface area (Å²) in [6, 6.07) is 11.8. The number of nitrogens with zero attached hydrogens (tertiary/aromatic N) is 2. The number of aromatic carboxylic acids is 1. The Labute approximate surface area is 129 Å². The highest BCUT2D eigenvalue weighted by atomic mass is 35.5. The minimum atomic E-state index is -0.870. The number of halogens is 1. The summed E-state index contributed by atoms with van der Waals surface area (Å²) in [7, 11) is 0. The van der Waals surface area contributed by atoms with Crippen molar-refractivity contribution >= 4 is 18.4 Å². The molecule has 0 aliphatic carbocycles. The van der Waals surface area contributed by atoms with Gasteiger partial charge in [-0.15, -0.1) is 12.4 Å². The van der Waals surface area contributed by atoms with E-state index in [1.54, 1.807) is 12.3 Å². The minimum absolute atomic E-state index is 0. The molecule has 5 heteroatoms. The number of fused-ring (bicyclic) bond motifs is 1. The zero-order valence-corrected chi connectivity index (χ0v) is 12.3. The van der Waals surface area contributed by atoms with Crippen molar-refractivity contribution in [2.24, 2.45) is 0 Å². The molecular weight excluding hydrogens is 288 g/mol. The van der Waals surface area contributed by atoms with Crippen LogP contribution in [0.5, 0.6) is 0 Å². The fourth-order valence-corrected chi connectivity index (χ4v) is 2.67. The molecule has 4 nitrogen and oxygen atoms in total. The van der Waals surface area contributed by atoms with Crippen LogP contribution >= 0.6 is 12.4 Å². The summed E-state index contributed by atoms with van der Waals surface area (Å²) in [6.45, 7) is 2.41. The molecule has 0 radical (unpaired) electrons. The van der Waals surface area contributed by atoms with E-state index in [1.165, 1.54) is 5.56 Å². The van der Waals surface area contributed by atoms with E-state index >= 15 is 0 Å². The Balaban J connectivity index is 0.00000161. The van der Waals surface area contributed by atoms with Crippen molar-refractivity contribution in [1.29, 1.82) is 0 Å². The third-order valence-electron chi connectivity index (χ3n) is 3.67. The van der Waals surface area contributed by atoms with Gasteiger partial charge in [-0.2, -0.15) is 0 Å². The zero-order valence-electron chi connectivity index (χ0n) is 11.5. The first-order valence-electron chi connectivity index (χ1n) is 6.70. The van der Waals surface area contributed by atoms with Crippen molar-refractivity contribution in [2.45, 2.75) is 19.5 Å². The lowest BCUT2D eigenvalue weighted by atomic mass is 9.99. The SMILES string of the molecule is Cl.O=C(O)c1ccnc2c1CN(Cc1ccccc1)CC2. The third-order valence-corrected chi connectivity index (χ3v) is 3.67. The van der Waals surface area contributed by atoms with Gasteiger partial charge in [0.25, 0.3) is 0 Å². The van der Waals surface area contributed by atoms with Crippen molar-refractivity contribution < 1.29 is 9.90 Å². The van der Waals surface area contributed by atoms with Gasteiger partial charge >= 0.3 is 5.97 Å². The van der Waals surface area contributed by atoms with Crippen molar-refractivity contribution in [3.05, 3.63) is 65.0 Å². The molecule has 1 aromatic carbocycles. The summed E-state index contributed by atoms with van der Waals surface area (Å²) in [5.41, 5.74) is 3.42.